The van der Waals surface area contributed by atoms with Crippen LogP contribution in [0.1, 0.15) is 23.6 Å². The minimum atomic E-state index is 0.0582. The Balaban J connectivity index is 1.93. The fraction of sp³-hybridized carbons (Fsp3) is 0.222. The second-order valence-electron chi connectivity index (χ2n) is 5.91. The summed E-state index contributed by atoms with van der Waals surface area (Å²) in [5.41, 5.74) is 9.91. The standard InChI is InChI=1S/C18H17N3O2S/c1-11-7-13-8-15-16(23-10-22-15)9-14(13)17(20-21(11)18(19)24)12-5-3-2-4-6-12/h2-6,8-9,11H,7,10H2,1H3,(H2,19,24). The van der Waals surface area contributed by atoms with Gasteiger partial charge in [-0.2, -0.15) is 5.10 Å². The monoisotopic (exact) mass is 339 g/mol. The number of rotatable bonds is 1. The van der Waals surface area contributed by atoms with E-state index in [4.69, 9.17) is 32.5 Å². The summed E-state index contributed by atoms with van der Waals surface area (Å²) < 4.78 is 11.1. The highest BCUT2D eigenvalue weighted by atomic mass is 32.1. The van der Waals surface area contributed by atoms with Crippen LogP contribution in [-0.2, 0) is 6.42 Å². The fourth-order valence-electron chi connectivity index (χ4n) is 3.11. The van der Waals surface area contributed by atoms with Gasteiger partial charge in [0.05, 0.1) is 11.8 Å². The van der Waals surface area contributed by atoms with Gasteiger partial charge in [-0.1, -0.05) is 30.3 Å². The lowest BCUT2D eigenvalue weighted by molar-refractivity contribution is 0.174. The van der Waals surface area contributed by atoms with Gasteiger partial charge in [-0.15, -0.1) is 0 Å². The molecule has 4 rings (SSSR count). The van der Waals surface area contributed by atoms with E-state index in [1.54, 1.807) is 5.01 Å². The molecule has 2 aliphatic heterocycles. The largest absolute Gasteiger partial charge is 0.454 e. The zero-order valence-corrected chi connectivity index (χ0v) is 14.0. The quantitative estimate of drug-likeness (QED) is 0.810. The van der Waals surface area contributed by atoms with Crippen molar-refractivity contribution in [1.29, 1.82) is 0 Å². The molecule has 2 aromatic rings. The van der Waals surface area contributed by atoms with Crippen molar-refractivity contribution in [2.24, 2.45) is 10.8 Å². The summed E-state index contributed by atoms with van der Waals surface area (Å²) in [6.07, 6.45) is 0.767. The van der Waals surface area contributed by atoms with Gasteiger partial charge in [0, 0.05) is 11.1 Å². The van der Waals surface area contributed by atoms with Crippen molar-refractivity contribution < 1.29 is 9.47 Å². The van der Waals surface area contributed by atoms with Gasteiger partial charge < -0.3 is 15.2 Å². The van der Waals surface area contributed by atoms with Crippen molar-refractivity contribution in [3.05, 3.63) is 59.2 Å². The average molecular weight is 339 g/mol. The Kier molecular flexibility index (Phi) is 3.61. The molecule has 1 unspecified atom stereocenters. The summed E-state index contributed by atoms with van der Waals surface area (Å²) in [5.74, 6) is 1.52. The second kappa shape index (κ2) is 5.79. The number of benzene rings is 2. The van der Waals surface area contributed by atoms with Crippen LogP contribution in [-0.4, -0.2) is 28.7 Å². The van der Waals surface area contributed by atoms with Gasteiger partial charge in [-0.25, -0.2) is 5.01 Å². The molecule has 6 heteroatoms. The minimum Gasteiger partial charge on any atom is -0.454 e. The Labute approximate surface area is 145 Å². The smallest absolute Gasteiger partial charge is 0.231 e. The lowest BCUT2D eigenvalue weighted by atomic mass is 9.94. The van der Waals surface area contributed by atoms with Crippen LogP contribution in [0.15, 0.2) is 47.6 Å². The molecule has 0 saturated heterocycles. The number of hydrogen-bond donors (Lipinski definition) is 1. The topological polar surface area (TPSA) is 60.1 Å². The van der Waals surface area contributed by atoms with Crippen LogP contribution in [0.25, 0.3) is 0 Å². The maximum absolute atomic E-state index is 5.90. The van der Waals surface area contributed by atoms with Gasteiger partial charge in [0.25, 0.3) is 0 Å². The van der Waals surface area contributed by atoms with Crippen molar-refractivity contribution >= 4 is 23.0 Å². The highest BCUT2D eigenvalue weighted by molar-refractivity contribution is 7.80. The highest BCUT2D eigenvalue weighted by Crippen LogP contribution is 2.37. The second-order valence-corrected chi connectivity index (χ2v) is 6.33. The first-order valence-corrected chi connectivity index (χ1v) is 8.20. The van der Waals surface area contributed by atoms with Crippen molar-refractivity contribution in [3.8, 4) is 11.5 Å². The first-order valence-electron chi connectivity index (χ1n) is 7.79. The summed E-state index contributed by atoms with van der Waals surface area (Å²) >= 11 is 5.20. The van der Waals surface area contributed by atoms with Crippen molar-refractivity contribution in [1.82, 2.24) is 5.01 Å². The van der Waals surface area contributed by atoms with Crippen molar-refractivity contribution in [3.63, 3.8) is 0 Å². The molecule has 122 valence electrons. The zero-order valence-electron chi connectivity index (χ0n) is 13.2. The Hall–Kier alpha value is -2.60. The predicted octanol–water partition coefficient (Wildman–Crippen LogP) is 2.66. The Morgan fingerprint density at radius 1 is 1.21 bits per heavy atom. The Bertz CT molecular complexity index is 836. The summed E-state index contributed by atoms with van der Waals surface area (Å²) in [7, 11) is 0. The van der Waals surface area contributed by atoms with Gasteiger partial charge in [-0.3, -0.25) is 0 Å². The van der Waals surface area contributed by atoms with Gasteiger partial charge in [0.1, 0.15) is 0 Å². The lowest BCUT2D eigenvalue weighted by Gasteiger charge is -2.23. The third-order valence-corrected chi connectivity index (χ3v) is 4.45. The number of ether oxygens (including phenoxy) is 2. The Morgan fingerprint density at radius 3 is 2.62 bits per heavy atom. The van der Waals surface area contributed by atoms with Crippen LogP contribution < -0.4 is 15.2 Å². The highest BCUT2D eigenvalue weighted by Gasteiger charge is 2.27. The van der Waals surface area contributed by atoms with E-state index >= 15 is 0 Å². The third kappa shape index (κ3) is 2.49. The molecule has 0 bridgehead atoms. The molecule has 0 aliphatic carbocycles. The normalized spacial score (nSPS) is 18.6. The van der Waals surface area contributed by atoms with Crippen LogP contribution in [0.2, 0.25) is 0 Å². The van der Waals surface area contributed by atoms with E-state index in [0.29, 0.717) is 0 Å². The molecule has 5 nitrogen and oxygen atoms in total. The summed E-state index contributed by atoms with van der Waals surface area (Å²) in [4.78, 5) is 0. The van der Waals surface area contributed by atoms with Crippen molar-refractivity contribution in [2.45, 2.75) is 19.4 Å². The number of nitrogens with two attached hydrogens (primary N) is 1. The molecule has 2 aliphatic rings. The van der Waals surface area contributed by atoms with Gasteiger partial charge in [0.2, 0.25) is 6.79 Å². The number of hydrazone groups is 1. The molecule has 0 aromatic heterocycles. The van der Waals surface area contributed by atoms with Gasteiger partial charge in [0.15, 0.2) is 16.6 Å². The molecule has 0 fully saturated rings. The molecule has 24 heavy (non-hydrogen) atoms. The van der Waals surface area contributed by atoms with E-state index in [0.717, 1.165) is 40.3 Å². The van der Waals surface area contributed by atoms with Crippen LogP contribution in [0.3, 0.4) is 0 Å². The van der Waals surface area contributed by atoms with E-state index in [2.05, 4.69) is 6.92 Å². The van der Waals surface area contributed by atoms with E-state index in [1.807, 2.05) is 42.5 Å². The molecule has 1 atom stereocenters. The molecule has 2 heterocycles. The molecular formula is C18H17N3O2S. The van der Waals surface area contributed by atoms with E-state index in [1.165, 1.54) is 0 Å². The van der Waals surface area contributed by atoms with Crippen LogP contribution in [0.4, 0.5) is 0 Å². The van der Waals surface area contributed by atoms with E-state index < -0.39 is 0 Å². The van der Waals surface area contributed by atoms with E-state index in [9.17, 15) is 0 Å². The summed E-state index contributed by atoms with van der Waals surface area (Å²) in [6.45, 7) is 2.32. The molecule has 2 aromatic carbocycles. The van der Waals surface area contributed by atoms with Crippen LogP contribution in [0, 0.1) is 0 Å². The maximum Gasteiger partial charge on any atom is 0.231 e. The minimum absolute atomic E-state index is 0.0582. The average Bonchev–Trinajstić information content (AvgIpc) is 2.97. The predicted molar refractivity (Wildman–Crippen MR) is 96.4 cm³/mol. The third-order valence-electron chi connectivity index (χ3n) is 4.27. The summed E-state index contributed by atoms with van der Waals surface area (Å²) in [5, 5.41) is 6.76. The van der Waals surface area contributed by atoms with Crippen molar-refractivity contribution in [2.75, 3.05) is 6.79 Å². The molecule has 0 saturated carbocycles. The number of nitrogens with zero attached hydrogens (tertiary/aromatic N) is 2. The number of fused-ring (bicyclic) bond motifs is 2. The summed E-state index contributed by atoms with van der Waals surface area (Å²) in [6, 6.07) is 14.1. The van der Waals surface area contributed by atoms with E-state index in [-0.39, 0.29) is 17.9 Å². The Morgan fingerprint density at radius 2 is 1.92 bits per heavy atom. The first kappa shape index (κ1) is 15.0. The number of thiocarbonyl (C=S) groups is 1. The van der Waals surface area contributed by atoms with Gasteiger partial charge >= 0.3 is 0 Å². The molecule has 0 radical (unpaired) electrons. The first-order chi connectivity index (χ1) is 11.6. The van der Waals surface area contributed by atoms with Crippen LogP contribution in [0.5, 0.6) is 11.5 Å². The maximum atomic E-state index is 5.90. The number of hydrogen-bond acceptors (Lipinski definition) is 4. The molecule has 0 amide bonds. The SMILES string of the molecule is CC1Cc2cc3c(cc2C(c2ccccc2)=NN1C(N)=S)OCO3. The molecular weight excluding hydrogens is 322 g/mol. The molecule has 0 spiro atoms. The van der Waals surface area contributed by atoms with Crippen LogP contribution >= 0.6 is 12.2 Å². The van der Waals surface area contributed by atoms with Gasteiger partial charge in [-0.05, 0) is 43.3 Å². The zero-order chi connectivity index (χ0) is 16.7. The molecule has 2 N–H and O–H groups in total. The fourth-order valence-corrected chi connectivity index (χ4v) is 3.33. The lowest BCUT2D eigenvalue weighted by Crippen LogP contribution is -2.38.